The Labute approximate surface area is 195 Å². The van der Waals surface area contributed by atoms with E-state index in [1.54, 1.807) is 54.2 Å². The van der Waals surface area contributed by atoms with Crippen molar-refractivity contribution in [3.63, 3.8) is 0 Å². The number of ketones is 1. The second kappa shape index (κ2) is 9.87. The third-order valence-corrected chi connectivity index (χ3v) is 6.12. The summed E-state index contributed by atoms with van der Waals surface area (Å²) in [6.07, 6.45) is 3.30. The van der Waals surface area contributed by atoms with Crippen LogP contribution in [0.1, 0.15) is 40.7 Å². The molecule has 1 amide bonds. The van der Waals surface area contributed by atoms with Crippen molar-refractivity contribution in [1.29, 1.82) is 0 Å². The topological polar surface area (TPSA) is 89.0 Å². The van der Waals surface area contributed by atoms with Crippen molar-refractivity contribution in [2.24, 2.45) is 0 Å². The summed E-state index contributed by atoms with van der Waals surface area (Å²) in [5.41, 5.74) is 1.48. The lowest BCUT2D eigenvalue weighted by Crippen LogP contribution is -2.30. The highest BCUT2D eigenvalue weighted by atomic mass is 32.1. The number of amides is 1. The van der Waals surface area contributed by atoms with Crippen molar-refractivity contribution in [3.05, 3.63) is 87.6 Å². The SMILES string of the molecule is CCOc1ccc([C@H]2C(C(=O)c3cccs3)=C(O)C(=O)N2Cc2cccnc2)cc1OCC. The van der Waals surface area contributed by atoms with Gasteiger partial charge in [0.1, 0.15) is 0 Å². The van der Waals surface area contributed by atoms with Gasteiger partial charge in [-0.05, 0) is 54.6 Å². The quantitative estimate of drug-likeness (QED) is 0.461. The molecule has 1 N–H and O–H groups in total. The van der Waals surface area contributed by atoms with E-state index in [0.717, 1.165) is 5.56 Å². The lowest BCUT2D eigenvalue weighted by Gasteiger charge is -2.27. The van der Waals surface area contributed by atoms with Gasteiger partial charge < -0.3 is 19.5 Å². The first-order valence-electron chi connectivity index (χ1n) is 10.7. The first kappa shape index (κ1) is 22.5. The Kier molecular flexibility index (Phi) is 6.74. The molecule has 0 unspecified atom stereocenters. The molecule has 0 bridgehead atoms. The minimum Gasteiger partial charge on any atom is -0.503 e. The first-order valence-corrected chi connectivity index (χ1v) is 11.5. The predicted octanol–water partition coefficient (Wildman–Crippen LogP) is 4.72. The lowest BCUT2D eigenvalue weighted by molar-refractivity contribution is -0.130. The zero-order chi connectivity index (χ0) is 23.4. The highest BCUT2D eigenvalue weighted by Gasteiger charge is 2.44. The Balaban J connectivity index is 1.82. The van der Waals surface area contributed by atoms with Gasteiger partial charge in [0, 0.05) is 18.9 Å². The van der Waals surface area contributed by atoms with Crippen molar-refractivity contribution in [2.45, 2.75) is 26.4 Å². The summed E-state index contributed by atoms with van der Waals surface area (Å²) in [6.45, 7) is 4.83. The van der Waals surface area contributed by atoms with Gasteiger partial charge in [0.05, 0.1) is 29.7 Å². The second-order valence-electron chi connectivity index (χ2n) is 7.34. The molecule has 0 saturated carbocycles. The molecule has 0 fully saturated rings. The zero-order valence-corrected chi connectivity index (χ0v) is 19.2. The van der Waals surface area contributed by atoms with Crippen LogP contribution in [0.2, 0.25) is 0 Å². The number of aliphatic hydroxyl groups is 1. The maximum atomic E-state index is 13.4. The van der Waals surface area contributed by atoms with E-state index in [1.165, 1.54) is 16.2 Å². The van der Waals surface area contributed by atoms with Gasteiger partial charge in [-0.3, -0.25) is 14.6 Å². The highest BCUT2D eigenvalue weighted by molar-refractivity contribution is 7.12. The molecule has 7 nitrogen and oxygen atoms in total. The van der Waals surface area contributed by atoms with Crippen LogP contribution in [0.5, 0.6) is 11.5 Å². The summed E-state index contributed by atoms with van der Waals surface area (Å²) in [7, 11) is 0. The van der Waals surface area contributed by atoms with Crippen LogP contribution in [-0.2, 0) is 11.3 Å². The fraction of sp³-hybridized carbons (Fsp3) is 0.240. The van der Waals surface area contributed by atoms with Crippen molar-refractivity contribution in [2.75, 3.05) is 13.2 Å². The third kappa shape index (κ3) is 4.47. The van der Waals surface area contributed by atoms with Crippen molar-refractivity contribution < 1.29 is 24.2 Å². The van der Waals surface area contributed by atoms with Crippen LogP contribution in [0, 0.1) is 0 Å². The summed E-state index contributed by atoms with van der Waals surface area (Å²) in [5, 5.41) is 12.6. The fourth-order valence-electron chi connectivity index (χ4n) is 3.86. The van der Waals surface area contributed by atoms with Crippen molar-refractivity contribution in [1.82, 2.24) is 9.88 Å². The number of hydrogen-bond acceptors (Lipinski definition) is 7. The predicted molar refractivity (Wildman–Crippen MR) is 125 cm³/mol. The minimum atomic E-state index is -0.790. The van der Waals surface area contributed by atoms with E-state index in [0.29, 0.717) is 35.2 Å². The average Bonchev–Trinajstić information content (AvgIpc) is 3.44. The smallest absolute Gasteiger partial charge is 0.290 e. The molecule has 1 aliphatic heterocycles. The number of aromatic nitrogens is 1. The normalized spacial score (nSPS) is 15.8. The van der Waals surface area contributed by atoms with Gasteiger partial charge in [-0.1, -0.05) is 18.2 Å². The molecule has 3 aromatic rings. The fourth-order valence-corrected chi connectivity index (χ4v) is 4.54. The van der Waals surface area contributed by atoms with Gasteiger partial charge >= 0.3 is 0 Å². The van der Waals surface area contributed by atoms with Crippen LogP contribution in [0.3, 0.4) is 0 Å². The number of ether oxygens (including phenoxy) is 2. The molecule has 8 heteroatoms. The number of thiophene rings is 1. The molecule has 170 valence electrons. The first-order chi connectivity index (χ1) is 16.0. The monoisotopic (exact) mass is 464 g/mol. The standard InChI is InChI=1S/C25H24N2O5S/c1-3-31-18-10-9-17(13-19(18)32-4-2)22-21(23(28)20-8-6-12-33-20)24(29)25(30)27(22)15-16-7-5-11-26-14-16/h5-14,22,29H,3-4,15H2,1-2H3/t22-/m0/s1. The van der Waals surface area contributed by atoms with E-state index in [-0.39, 0.29) is 17.9 Å². The number of nitrogens with zero attached hydrogens (tertiary/aromatic N) is 2. The Bertz CT molecular complexity index is 1170. The molecule has 2 aromatic heterocycles. The molecule has 0 saturated heterocycles. The summed E-state index contributed by atoms with van der Waals surface area (Å²) >= 11 is 1.26. The van der Waals surface area contributed by atoms with E-state index in [9.17, 15) is 14.7 Å². The largest absolute Gasteiger partial charge is 0.503 e. The van der Waals surface area contributed by atoms with Crippen LogP contribution < -0.4 is 9.47 Å². The number of carbonyl (C=O) groups excluding carboxylic acids is 2. The van der Waals surface area contributed by atoms with Crippen LogP contribution in [0.4, 0.5) is 0 Å². The molecule has 0 aliphatic carbocycles. The number of rotatable bonds is 9. The number of pyridine rings is 1. The van der Waals surface area contributed by atoms with Gasteiger partial charge in [-0.2, -0.15) is 0 Å². The molecular formula is C25H24N2O5S. The Morgan fingerprint density at radius 2 is 1.91 bits per heavy atom. The lowest BCUT2D eigenvalue weighted by atomic mass is 9.95. The Morgan fingerprint density at radius 1 is 1.12 bits per heavy atom. The summed E-state index contributed by atoms with van der Waals surface area (Å²) < 4.78 is 11.4. The van der Waals surface area contributed by atoms with Crippen LogP contribution >= 0.6 is 11.3 Å². The van der Waals surface area contributed by atoms with E-state index in [4.69, 9.17) is 9.47 Å². The molecule has 1 aromatic carbocycles. The highest BCUT2D eigenvalue weighted by Crippen LogP contribution is 2.42. The van der Waals surface area contributed by atoms with Gasteiger partial charge in [0.25, 0.3) is 5.91 Å². The minimum absolute atomic E-state index is 0.0537. The van der Waals surface area contributed by atoms with E-state index < -0.39 is 17.7 Å². The molecule has 1 aliphatic rings. The molecule has 3 heterocycles. The molecule has 33 heavy (non-hydrogen) atoms. The number of hydrogen-bond donors (Lipinski definition) is 1. The maximum absolute atomic E-state index is 13.4. The summed E-state index contributed by atoms with van der Waals surface area (Å²) in [5.74, 6) is -0.420. The molecule has 0 radical (unpaired) electrons. The number of carbonyl (C=O) groups is 2. The van der Waals surface area contributed by atoms with Crippen LogP contribution in [-0.4, -0.2) is 39.9 Å². The molecule has 0 spiro atoms. The Hall–Kier alpha value is -3.65. The van der Waals surface area contributed by atoms with Crippen LogP contribution in [0.25, 0.3) is 0 Å². The summed E-state index contributed by atoms with van der Waals surface area (Å²) in [6, 6.07) is 11.6. The number of benzene rings is 1. The molecular weight excluding hydrogens is 440 g/mol. The summed E-state index contributed by atoms with van der Waals surface area (Å²) in [4.78, 5) is 32.6. The van der Waals surface area contributed by atoms with Gasteiger partial charge in [-0.15, -0.1) is 11.3 Å². The zero-order valence-electron chi connectivity index (χ0n) is 18.4. The molecule has 4 rings (SSSR count). The third-order valence-electron chi connectivity index (χ3n) is 5.25. The van der Waals surface area contributed by atoms with Crippen molar-refractivity contribution in [3.8, 4) is 11.5 Å². The van der Waals surface area contributed by atoms with Crippen LogP contribution in [0.15, 0.2) is 71.6 Å². The van der Waals surface area contributed by atoms with Gasteiger partial charge in [-0.25, -0.2) is 0 Å². The van der Waals surface area contributed by atoms with Gasteiger partial charge in [0.2, 0.25) is 5.78 Å². The van der Waals surface area contributed by atoms with E-state index in [2.05, 4.69) is 4.98 Å². The number of Topliss-reactive ketones (excluding diaryl/α,β-unsaturated/α-hetero) is 1. The Morgan fingerprint density at radius 3 is 2.58 bits per heavy atom. The van der Waals surface area contributed by atoms with Gasteiger partial charge in [0.15, 0.2) is 17.3 Å². The van der Waals surface area contributed by atoms with E-state index >= 15 is 0 Å². The van der Waals surface area contributed by atoms with E-state index in [1.807, 2.05) is 19.9 Å². The maximum Gasteiger partial charge on any atom is 0.290 e. The molecule has 1 atom stereocenters. The number of aliphatic hydroxyl groups excluding tert-OH is 1. The van der Waals surface area contributed by atoms with Crippen molar-refractivity contribution >= 4 is 23.0 Å². The average molecular weight is 465 g/mol. The second-order valence-corrected chi connectivity index (χ2v) is 8.29.